The molecule has 5 heteroatoms. The number of hydrogen-bond acceptors (Lipinski definition) is 3. The van der Waals surface area contributed by atoms with Crippen LogP contribution in [0.3, 0.4) is 0 Å². The molecule has 2 rings (SSSR count). The van der Waals surface area contributed by atoms with Crippen molar-refractivity contribution >= 4 is 6.09 Å². The second-order valence-corrected chi connectivity index (χ2v) is 5.50. The van der Waals surface area contributed by atoms with E-state index in [4.69, 9.17) is 9.63 Å². The molecule has 1 amide bonds. The minimum absolute atomic E-state index is 0.0141. The van der Waals surface area contributed by atoms with Gasteiger partial charge in [0.25, 0.3) is 0 Å². The van der Waals surface area contributed by atoms with Crippen molar-refractivity contribution in [1.29, 1.82) is 0 Å². The van der Waals surface area contributed by atoms with Gasteiger partial charge in [-0.05, 0) is 33.1 Å². The van der Waals surface area contributed by atoms with Crippen molar-refractivity contribution in [3.63, 3.8) is 0 Å². The van der Waals surface area contributed by atoms with E-state index in [1.807, 2.05) is 19.9 Å². The third-order valence-electron chi connectivity index (χ3n) is 3.80. The van der Waals surface area contributed by atoms with Gasteiger partial charge in [-0.2, -0.15) is 0 Å². The van der Waals surface area contributed by atoms with E-state index >= 15 is 0 Å². The second-order valence-electron chi connectivity index (χ2n) is 5.50. The lowest BCUT2D eigenvalue weighted by molar-refractivity contribution is 0.0997. The molecule has 1 aliphatic carbocycles. The highest BCUT2D eigenvalue weighted by atomic mass is 16.5. The van der Waals surface area contributed by atoms with Crippen LogP contribution in [0, 0.1) is 0 Å². The molecule has 0 bridgehead atoms. The summed E-state index contributed by atoms with van der Waals surface area (Å²) in [6, 6.07) is 1.88. The van der Waals surface area contributed by atoms with Gasteiger partial charge in [0.1, 0.15) is 6.26 Å². The minimum Gasteiger partial charge on any atom is -0.465 e. The van der Waals surface area contributed by atoms with Gasteiger partial charge < -0.3 is 14.5 Å². The lowest BCUT2D eigenvalue weighted by Gasteiger charge is -2.36. The number of hydrogen-bond donors (Lipinski definition) is 1. The van der Waals surface area contributed by atoms with Gasteiger partial charge in [-0.3, -0.25) is 0 Å². The maximum atomic E-state index is 11.0. The van der Waals surface area contributed by atoms with Crippen molar-refractivity contribution in [3.8, 4) is 0 Å². The summed E-state index contributed by atoms with van der Waals surface area (Å²) in [5.74, 6) is 0. The molecule has 1 heterocycles. The topological polar surface area (TPSA) is 66.6 Å². The molecule has 1 fully saturated rings. The van der Waals surface area contributed by atoms with Crippen LogP contribution < -0.4 is 0 Å². The normalized spacial score (nSPS) is 17.8. The highest BCUT2D eigenvalue weighted by Crippen LogP contribution is 2.53. The lowest BCUT2D eigenvalue weighted by atomic mass is 9.85. The molecule has 0 saturated heterocycles. The quantitative estimate of drug-likeness (QED) is 0.875. The van der Waals surface area contributed by atoms with E-state index in [1.165, 1.54) is 4.90 Å². The molecule has 1 aliphatic rings. The number of amides is 1. The first kappa shape index (κ1) is 12.0. The molecule has 1 N–H and O–H groups in total. The molecule has 17 heavy (non-hydrogen) atoms. The van der Waals surface area contributed by atoms with Gasteiger partial charge in [-0.1, -0.05) is 5.16 Å². The molecular weight excluding hydrogens is 220 g/mol. The van der Waals surface area contributed by atoms with Gasteiger partial charge in [0.05, 0.1) is 5.69 Å². The summed E-state index contributed by atoms with van der Waals surface area (Å²) < 4.78 is 4.88. The minimum atomic E-state index is -0.897. The van der Waals surface area contributed by atoms with Gasteiger partial charge in [0.15, 0.2) is 0 Å². The highest BCUT2D eigenvalue weighted by molar-refractivity contribution is 5.65. The number of aromatic nitrogens is 1. The van der Waals surface area contributed by atoms with Crippen LogP contribution in [0.5, 0.6) is 0 Å². The van der Waals surface area contributed by atoms with Gasteiger partial charge in [-0.15, -0.1) is 0 Å². The zero-order valence-electron chi connectivity index (χ0n) is 10.4. The van der Waals surface area contributed by atoms with Crippen LogP contribution in [-0.2, 0) is 5.41 Å². The van der Waals surface area contributed by atoms with Gasteiger partial charge >= 0.3 is 6.09 Å². The van der Waals surface area contributed by atoms with Gasteiger partial charge in [-0.25, -0.2) is 4.79 Å². The van der Waals surface area contributed by atoms with Crippen LogP contribution in [0.1, 0.15) is 38.8 Å². The molecule has 0 radical (unpaired) electrons. The van der Waals surface area contributed by atoms with Crippen molar-refractivity contribution in [2.75, 3.05) is 7.05 Å². The van der Waals surface area contributed by atoms with Crippen molar-refractivity contribution in [3.05, 3.63) is 18.0 Å². The van der Waals surface area contributed by atoms with Crippen LogP contribution in [0.4, 0.5) is 4.79 Å². The Morgan fingerprint density at radius 1 is 1.65 bits per heavy atom. The maximum absolute atomic E-state index is 11.0. The molecular formula is C12H18N2O3. The Labute approximate surface area is 100 Å². The lowest BCUT2D eigenvalue weighted by Crippen LogP contribution is -2.46. The summed E-state index contributed by atoms with van der Waals surface area (Å²) in [5.41, 5.74) is 0.561. The summed E-state index contributed by atoms with van der Waals surface area (Å²) >= 11 is 0. The first-order valence-electron chi connectivity index (χ1n) is 5.75. The third kappa shape index (κ3) is 2.14. The summed E-state index contributed by atoms with van der Waals surface area (Å²) in [5, 5.41) is 13.1. The Hall–Kier alpha value is -1.52. The second kappa shape index (κ2) is 3.75. The Morgan fingerprint density at radius 2 is 2.29 bits per heavy atom. The van der Waals surface area contributed by atoms with E-state index in [2.05, 4.69) is 5.16 Å². The largest absolute Gasteiger partial charge is 0.465 e. The molecule has 0 atom stereocenters. The summed E-state index contributed by atoms with van der Waals surface area (Å²) in [4.78, 5) is 12.4. The van der Waals surface area contributed by atoms with E-state index in [9.17, 15) is 4.79 Å². The van der Waals surface area contributed by atoms with Crippen molar-refractivity contribution < 1.29 is 14.4 Å². The molecule has 0 unspecified atom stereocenters. The SMILES string of the molecule is CN(C(=O)O)C(C)(C)CC1(c2ccon2)CC1. The van der Waals surface area contributed by atoms with Crippen LogP contribution in [0.15, 0.2) is 16.9 Å². The molecule has 1 saturated carbocycles. The summed E-state index contributed by atoms with van der Waals surface area (Å²) in [6.45, 7) is 3.89. The summed E-state index contributed by atoms with van der Waals surface area (Å²) in [7, 11) is 1.61. The fourth-order valence-corrected chi connectivity index (χ4v) is 2.37. The predicted molar refractivity (Wildman–Crippen MR) is 61.9 cm³/mol. The average molecular weight is 238 g/mol. The Kier molecular flexibility index (Phi) is 2.64. The van der Waals surface area contributed by atoms with E-state index in [0.29, 0.717) is 0 Å². The molecule has 94 valence electrons. The van der Waals surface area contributed by atoms with Crippen LogP contribution in [-0.4, -0.2) is 33.8 Å². The monoisotopic (exact) mass is 238 g/mol. The molecule has 5 nitrogen and oxygen atoms in total. The van der Waals surface area contributed by atoms with Crippen molar-refractivity contribution in [2.24, 2.45) is 0 Å². The zero-order valence-corrected chi connectivity index (χ0v) is 10.4. The molecule has 0 aromatic carbocycles. The van der Waals surface area contributed by atoms with E-state index in [-0.39, 0.29) is 5.41 Å². The number of carboxylic acid groups (broad SMARTS) is 1. The molecule has 0 aliphatic heterocycles. The third-order valence-corrected chi connectivity index (χ3v) is 3.80. The number of carbonyl (C=O) groups is 1. The van der Waals surface area contributed by atoms with Crippen molar-refractivity contribution in [1.82, 2.24) is 10.1 Å². The molecule has 1 aromatic heterocycles. The van der Waals surface area contributed by atoms with Gasteiger partial charge in [0.2, 0.25) is 0 Å². The molecule has 0 spiro atoms. The summed E-state index contributed by atoms with van der Waals surface area (Å²) in [6.07, 6.45) is 3.55. The smallest absolute Gasteiger partial charge is 0.407 e. The van der Waals surface area contributed by atoms with Crippen LogP contribution in [0.2, 0.25) is 0 Å². The van der Waals surface area contributed by atoms with Crippen LogP contribution >= 0.6 is 0 Å². The average Bonchev–Trinajstić information content (AvgIpc) is 2.82. The first-order chi connectivity index (χ1) is 7.87. The Morgan fingerprint density at radius 3 is 2.71 bits per heavy atom. The van der Waals surface area contributed by atoms with Crippen LogP contribution in [0.25, 0.3) is 0 Å². The highest BCUT2D eigenvalue weighted by Gasteiger charge is 2.50. The maximum Gasteiger partial charge on any atom is 0.407 e. The van der Waals surface area contributed by atoms with E-state index in [0.717, 1.165) is 25.0 Å². The predicted octanol–water partition coefficient (Wildman–Crippen LogP) is 2.48. The fourth-order valence-electron chi connectivity index (χ4n) is 2.37. The Balaban J connectivity index is 2.13. The fraction of sp³-hybridized carbons (Fsp3) is 0.667. The number of nitrogens with zero attached hydrogens (tertiary/aromatic N) is 2. The Bertz CT molecular complexity index is 407. The van der Waals surface area contributed by atoms with Gasteiger partial charge in [0, 0.05) is 24.1 Å². The standard InChI is InChI=1S/C12H18N2O3/c1-11(2,14(3)10(15)16)8-12(5-6-12)9-4-7-17-13-9/h4,7H,5-6,8H2,1-3H3,(H,15,16). The van der Waals surface area contributed by atoms with E-state index < -0.39 is 11.6 Å². The van der Waals surface area contributed by atoms with E-state index in [1.54, 1.807) is 13.3 Å². The molecule has 1 aromatic rings. The van der Waals surface area contributed by atoms with Crippen molar-refractivity contribution in [2.45, 2.75) is 44.1 Å². The zero-order chi connectivity index (χ0) is 12.7. The number of rotatable bonds is 4. The first-order valence-corrected chi connectivity index (χ1v) is 5.75.